The first-order valence-electron chi connectivity index (χ1n) is 10.9. The van der Waals surface area contributed by atoms with Gasteiger partial charge in [0.05, 0.1) is 0 Å². The highest BCUT2D eigenvalue weighted by Crippen LogP contribution is 2.44. The van der Waals surface area contributed by atoms with E-state index in [1.54, 1.807) is 30.3 Å². The van der Waals surface area contributed by atoms with Crippen LogP contribution in [0.1, 0.15) is 61.0 Å². The summed E-state index contributed by atoms with van der Waals surface area (Å²) in [4.78, 5) is 31.9. The number of halogens is 3. The molecule has 0 unspecified atom stereocenters. The highest BCUT2D eigenvalue weighted by molar-refractivity contribution is 6.67. The summed E-state index contributed by atoms with van der Waals surface area (Å²) in [6.07, 6.45) is 3.68. The van der Waals surface area contributed by atoms with Gasteiger partial charge in [-0.1, -0.05) is 49.2 Å². The molecule has 1 fully saturated rings. The molecule has 0 atom stereocenters. The summed E-state index contributed by atoms with van der Waals surface area (Å²) in [7, 11) is 0. The zero-order valence-electron chi connectivity index (χ0n) is 18.1. The third kappa shape index (κ3) is 4.59. The van der Waals surface area contributed by atoms with Gasteiger partial charge in [-0.15, -0.1) is 0 Å². The molecule has 2 aromatic carbocycles. The lowest BCUT2D eigenvalue weighted by Gasteiger charge is -2.42. The SMILES string of the molecule is CC(C)C1CCC2(CC1)N=C(c1cc(Cl)cc(Cl)c1)C(=O)N2Cc1ccc(C(=O)Cl)cc1. The number of rotatable bonds is 5. The second kappa shape index (κ2) is 9.17. The molecule has 0 N–H and O–H groups in total. The van der Waals surface area contributed by atoms with Crippen molar-refractivity contribution in [2.24, 2.45) is 16.8 Å². The van der Waals surface area contributed by atoms with Gasteiger partial charge in [0, 0.05) is 27.7 Å². The summed E-state index contributed by atoms with van der Waals surface area (Å²) >= 11 is 18.0. The van der Waals surface area contributed by atoms with E-state index in [-0.39, 0.29) is 5.91 Å². The van der Waals surface area contributed by atoms with Crippen molar-refractivity contribution in [2.45, 2.75) is 51.7 Å². The zero-order valence-corrected chi connectivity index (χ0v) is 20.3. The first-order chi connectivity index (χ1) is 15.2. The van der Waals surface area contributed by atoms with Gasteiger partial charge in [-0.05, 0) is 85.0 Å². The molecule has 2 aliphatic rings. The molecule has 0 bridgehead atoms. The molecule has 32 heavy (non-hydrogen) atoms. The van der Waals surface area contributed by atoms with Crippen LogP contribution in [0.25, 0.3) is 0 Å². The number of carbonyl (C=O) groups excluding carboxylic acids is 2. The lowest BCUT2D eigenvalue weighted by Crippen LogP contribution is -2.48. The predicted octanol–water partition coefficient (Wildman–Crippen LogP) is 6.75. The van der Waals surface area contributed by atoms with Crippen molar-refractivity contribution >= 4 is 51.7 Å². The van der Waals surface area contributed by atoms with Crippen molar-refractivity contribution in [1.82, 2.24) is 4.90 Å². The summed E-state index contributed by atoms with van der Waals surface area (Å²) in [6.45, 7) is 4.91. The maximum Gasteiger partial charge on any atom is 0.274 e. The van der Waals surface area contributed by atoms with E-state index in [1.165, 1.54) is 0 Å². The van der Waals surface area contributed by atoms with Crippen LogP contribution in [0.2, 0.25) is 10.0 Å². The maximum atomic E-state index is 13.6. The minimum Gasteiger partial charge on any atom is -0.308 e. The lowest BCUT2D eigenvalue weighted by molar-refractivity contribution is -0.130. The van der Waals surface area contributed by atoms with Crippen LogP contribution in [-0.4, -0.2) is 27.4 Å². The molecule has 1 aliphatic heterocycles. The van der Waals surface area contributed by atoms with E-state index in [0.29, 0.717) is 45.3 Å². The highest BCUT2D eigenvalue weighted by atomic mass is 35.5. The Hall–Kier alpha value is -1.88. The molecule has 1 aliphatic carbocycles. The Morgan fingerprint density at radius 3 is 2.22 bits per heavy atom. The fourth-order valence-electron chi connectivity index (χ4n) is 4.81. The average molecular weight is 492 g/mol. The van der Waals surface area contributed by atoms with Crippen molar-refractivity contribution in [3.63, 3.8) is 0 Å². The normalized spacial score (nSPS) is 23.2. The van der Waals surface area contributed by atoms with Crippen LogP contribution in [0.4, 0.5) is 0 Å². The smallest absolute Gasteiger partial charge is 0.274 e. The van der Waals surface area contributed by atoms with Gasteiger partial charge >= 0.3 is 0 Å². The van der Waals surface area contributed by atoms with Gasteiger partial charge in [-0.3, -0.25) is 14.6 Å². The standard InChI is InChI=1S/C25H25Cl3N2O2/c1-15(2)17-7-9-25(10-8-17)29-22(19-11-20(26)13-21(27)12-19)24(32)30(25)14-16-3-5-18(6-4-16)23(28)31/h3-6,11-13,15,17H,7-10,14H2,1-2H3. The molecule has 4 nitrogen and oxygen atoms in total. The van der Waals surface area contributed by atoms with E-state index < -0.39 is 10.9 Å². The number of benzene rings is 2. The summed E-state index contributed by atoms with van der Waals surface area (Å²) < 4.78 is 0. The van der Waals surface area contributed by atoms with Crippen LogP contribution >= 0.6 is 34.8 Å². The number of carbonyl (C=O) groups is 2. The van der Waals surface area contributed by atoms with E-state index in [9.17, 15) is 9.59 Å². The largest absolute Gasteiger partial charge is 0.308 e. The third-order valence-electron chi connectivity index (χ3n) is 6.70. The van der Waals surface area contributed by atoms with Gasteiger partial charge in [0.2, 0.25) is 0 Å². The van der Waals surface area contributed by atoms with E-state index in [1.807, 2.05) is 17.0 Å². The van der Waals surface area contributed by atoms with Crippen LogP contribution in [0.15, 0.2) is 47.5 Å². The Bertz CT molecular complexity index is 1050. The van der Waals surface area contributed by atoms with Crippen molar-refractivity contribution < 1.29 is 9.59 Å². The Morgan fingerprint density at radius 2 is 1.69 bits per heavy atom. The summed E-state index contributed by atoms with van der Waals surface area (Å²) in [6, 6.07) is 12.2. The third-order valence-corrected chi connectivity index (χ3v) is 7.36. The van der Waals surface area contributed by atoms with Gasteiger partial charge < -0.3 is 4.90 Å². The van der Waals surface area contributed by atoms with E-state index in [4.69, 9.17) is 39.8 Å². The van der Waals surface area contributed by atoms with Crippen LogP contribution in [0, 0.1) is 11.8 Å². The molecule has 4 rings (SSSR count). The molecule has 2 aromatic rings. The second-order valence-corrected chi connectivity index (χ2v) is 10.3. The number of hydrogen-bond acceptors (Lipinski definition) is 3. The first kappa shape index (κ1) is 23.3. The highest BCUT2D eigenvalue weighted by Gasteiger charge is 2.49. The van der Waals surface area contributed by atoms with Gasteiger partial charge in [-0.25, -0.2) is 0 Å². The van der Waals surface area contributed by atoms with Gasteiger partial charge in [-0.2, -0.15) is 0 Å². The average Bonchev–Trinajstić information content (AvgIpc) is 3.00. The van der Waals surface area contributed by atoms with Crippen molar-refractivity contribution in [1.29, 1.82) is 0 Å². The monoisotopic (exact) mass is 490 g/mol. The minimum absolute atomic E-state index is 0.121. The predicted molar refractivity (Wildman–Crippen MR) is 130 cm³/mol. The molecular formula is C25H25Cl3N2O2. The fraction of sp³-hybridized carbons (Fsp3) is 0.400. The Balaban J connectivity index is 1.69. The first-order valence-corrected chi connectivity index (χ1v) is 12.0. The van der Waals surface area contributed by atoms with Crippen molar-refractivity contribution in [3.05, 3.63) is 69.2 Å². The second-order valence-electron chi connectivity index (χ2n) is 9.04. The van der Waals surface area contributed by atoms with Crippen LogP contribution in [0.5, 0.6) is 0 Å². The van der Waals surface area contributed by atoms with Gasteiger partial charge in [0.25, 0.3) is 11.1 Å². The van der Waals surface area contributed by atoms with Crippen molar-refractivity contribution in [2.75, 3.05) is 0 Å². The van der Waals surface area contributed by atoms with Crippen LogP contribution in [-0.2, 0) is 11.3 Å². The summed E-state index contributed by atoms with van der Waals surface area (Å²) in [5.41, 5.74) is 1.83. The number of amides is 1. The number of hydrogen-bond donors (Lipinski definition) is 0. The molecule has 1 spiro atoms. The zero-order chi connectivity index (χ0) is 23.0. The number of aliphatic imine (C=N–C) groups is 1. The summed E-state index contributed by atoms with van der Waals surface area (Å²) in [5.74, 6) is 1.11. The molecule has 0 radical (unpaired) electrons. The minimum atomic E-state index is -0.576. The van der Waals surface area contributed by atoms with Crippen molar-refractivity contribution in [3.8, 4) is 0 Å². The van der Waals surface area contributed by atoms with E-state index in [2.05, 4.69) is 13.8 Å². The molecule has 1 amide bonds. The van der Waals surface area contributed by atoms with Crippen LogP contribution < -0.4 is 0 Å². The quantitative estimate of drug-likeness (QED) is 0.435. The molecule has 0 saturated heterocycles. The Labute approximate surface area is 203 Å². The molecule has 1 saturated carbocycles. The van der Waals surface area contributed by atoms with E-state index in [0.717, 1.165) is 31.2 Å². The molecular weight excluding hydrogens is 467 g/mol. The lowest BCUT2D eigenvalue weighted by atomic mass is 9.76. The Kier molecular flexibility index (Phi) is 6.67. The molecule has 1 heterocycles. The Morgan fingerprint density at radius 1 is 1.09 bits per heavy atom. The van der Waals surface area contributed by atoms with E-state index >= 15 is 0 Å². The van der Waals surface area contributed by atoms with Gasteiger partial charge in [0.15, 0.2) is 0 Å². The molecule has 168 valence electrons. The van der Waals surface area contributed by atoms with Gasteiger partial charge in [0.1, 0.15) is 11.4 Å². The fourth-order valence-corrected chi connectivity index (χ4v) is 5.46. The summed E-state index contributed by atoms with van der Waals surface area (Å²) in [5, 5.41) is 0.446. The van der Waals surface area contributed by atoms with Crippen LogP contribution in [0.3, 0.4) is 0 Å². The topological polar surface area (TPSA) is 49.7 Å². The molecule has 7 heteroatoms. The molecule has 0 aromatic heterocycles. The maximum absolute atomic E-state index is 13.6. The number of nitrogens with zero attached hydrogens (tertiary/aromatic N) is 2.